The molecule has 3 aromatic rings. The minimum Gasteiger partial charge on any atom is -0.308 e. The standard InChI is InChI=1S/C14H12IN3O/c1-10-8-13-14(19)17(6-7-18(13)16-10)9-11-2-4-12(15)5-3-11/h2-8H,9H2,1H3. The first-order chi connectivity index (χ1) is 9.13. The number of aryl methyl sites for hydroxylation is 1. The molecule has 0 atom stereocenters. The van der Waals surface area contributed by atoms with Crippen molar-refractivity contribution >= 4 is 28.1 Å². The van der Waals surface area contributed by atoms with Crippen molar-refractivity contribution in [2.45, 2.75) is 13.5 Å². The van der Waals surface area contributed by atoms with Crippen LogP contribution in [0.5, 0.6) is 0 Å². The fourth-order valence-corrected chi connectivity index (χ4v) is 2.42. The molecule has 0 saturated heterocycles. The summed E-state index contributed by atoms with van der Waals surface area (Å²) in [5.74, 6) is 0. The van der Waals surface area contributed by atoms with Gasteiger partial charge in [-0.25, -0.2) is 4.52 Å². The molecule has 0 aliphatic heterocycles. The molecule has 2 aromatic heterocycles. The summed E-state index contributed by atoms with van der Waals surface area (Å²) in [7, 11) is 0. The van der Waals surface area contributed by atoms with E-state index in [0.29, 0.717) is 12.1 Å². The van der Waals surface area contributed by atoms with Gasteiger partial charge in [-0.3, -0.25) is 4.79 Å². The molecule has 0 amide bonds. The van der Waals surface area contributed by atoms with Crippen LogP contribution in [0.25, 0.3) is 5.52 Å². The number of rotatable bonds is 2. The van der Waals surface area contributed by atoms with Gasteiger partial charge in [-0.1, -0.05) is 12.1 Å². The van der Waals surface area contributed by atoms with Crippen LogP contribution in [0.3, 0.4) is 0 Å². The molecule has 19 heavy (non-hydrogen) atoms. The highest BCUT2D eigenvalue weighted by molar-refractivity contribution is 14.1. The van der Waals surface area contributed by atoms with Gasteiger partial charge in [0.1, 0.15) is 5.52 Å². The Morgan fingerprint density at radius 1 is 1.21 bits per heavy atom. The minimum atomic E-state index is -0.0124. The Kier molecular flexibility index (Phi) is 3.14. The second-order valence-corrected chi connectivity index (χ2v) is 5.72. The first-order valence-corrected chi connectivity index (χ1v) is 7.01. The van der Waals surface area contributed by atoms with Crippen molar-refractivity contribution in [2.24, 2.45) is 0 Å². The number of hydrogen-bond donors (Lipinski definition) is 0. The average Bonchev–Trinajstić information content (AvgIpc) is 2.77. The van der Waals surface area contributed by atoms with E-state index in [9.17, 15) is 4.79 Å². The Labute approximate surface area is 123 Å². The van der Waals surface area contributed by atoms with E-state index in [1.165, 1.54) is 3.57 Å². The summed E-state index contributed by atoms with van der Waals surface area (Å²) in [6.45, 7) is 2.46. The van der Waals surface area contributed by atoms with Crippen molar-refractivity contribution in [3.05, 3.63) is 67.9 Å². The molecule has 0 aliphatic rings. The molecule has 0 N–H and O–H groups in total. The molecule has 0 radical (unpaired) electrons. The summed E-state index contributed by atoms with van der Waals surface area (Å²) in [6.07, 6.45) is 3.59. The molecule has 0 fully saturated rings. The molecule has 0 spiro atoms. The molecule has 0 bridgehead atoms. The van der Waals surface area contributed by atoms with E-state index in [1.54, 1.807) is 15.3 Å². The summed E-state index contributed by atoms with van der Waals surface area (Å²) in [5.41, 5.74) is 2.57. The molecule has 4 nitrogen and oxygen atoms in total. The predicted molar refractivity (Wildman–Crippen MR) is 82.5 cm³/mol. The topological polar surface area (TPSA) is 39.3 Å². The third kappa shape index (κ3) is 2.42. The number of benzene rings is 1. The van der Waals surface area contributed by atoms with Gasteiger partial charge in [0.2, 0.25) is 0 Å². The predicted octanol–water partition coefficient (Wildman–Crippen LogP) is 2.46. The van der Waals surface area contributed by atoms with Crippen LogP contribution in [0, 0.1) is 10.5 Å². The molecular formula is C14H12IN3O. The largest absolute Gasteiger partial charge is 0.308 e. The van der Waals surface area contributed by atoms with Crippen LogP contribution in [0.4, 0.5) is 0 Å². The molecule has 0 aliphatic carbocycles. The lowest BCUT2D eigenvalue weighted by Crippen LogP contribution is -2.21. The lowest BCUT2D eigenvalue weighted by atomic mass is 10.2. The summed E-state index contributed by atoms with van der Waals surface area (Å²) in [4.78, 5) is 12.3. The summed E-state index contributed by atoms with van der Waals surface area (Å²) >= 11 is 2.27. The average molecular weight is 365 g/mol. The van der Waals surface area contributed by atoms with E-state index < -0.39 is 0 Å². The van der Waals surface area contributed by atoms with Gasteiger partial charge >= 0.3 is 0 Å². The lowest BCUT2D eigenvalue weighted by Gasteiger charge is -2.06. The minimum absolute atomic E-state index is 0.0124. The third-order valence-electron chi connectivity index (χ3n) is 2.99. The van der Waals surface area contributed by atoms with E-state index in [-0.39, 0.29) is 5.56 Å². The van der Waals surface area contributed by atoms with Crippen LogP contribution < -0.4 is 5.56 Å². The number of nitrogens with zero attached hydrogens (tertiary/aromatic N) is 3. The Morgan fingerprint density at radius 2 is 1.95 bits per heavy atom. The zero-order valence-corrected chi connectivity index (χ0v) is 12.5. The highest BCUT2D eigenvalue weighted by Crippen LogP contribution is 2.08. The van der Waals surface area contributed by atoms with Crippen LogP contribution in [-0.2, 0) is 6.54 Å². The van der Waals surface area contributed by atoms with Crippen LogP contribution in [-0.4, -0.2) is 14.2 Å². The number of fused-ring (bicyclic) bond motifs is 1. The van der Waals surface area contributed by atoms with E-state index in [4.69, 9.17) is 0 Å². The first-order valence-electron chi connectivity index (χ1n) is 5.93. The second-order valence-electron chi connectivity index (χ2n) is 4.47. The zero-order valence-electron chi connectivity index (χ0n) is 10.4. The molecule has 0 unspecified atom stereocenters. The summed E-state index contributed by atoms with van der Waals surface area (Å²) in [5, 5.41) is 4.24. The Bertz CT molecular complexity index is 787. The van der Waals surface area contributed by atoms with Crippen LogP contribution in [0.1, 0.15) is 11.3 Å². The van der Waals surface area contributed by atoms with Crippen LogP contribution in [0.2, 0.25) is 0 Å². The van der Waals surface area contributed by atoms with Gasteiger partial charge in [0.15, 0.2) is 0 Å². The van der Waals surface area contributed by atoms with Crippen molar-refractivity contribution in [1.82, 2.24) is 14.2 Å². The molecule has 2 heterocycles. The highest BCUT2D eigenvalue weighted by atomic mass is 127. The third-order valence-corrected chi connectivity index (χ3v) is 3.71. The van der Waals surface area contributed by atoms with E-state index >= 15 is 0 Å². The first kappa shape index (κ1) is 12.4. The maximum atomic E-state index is 12.3. The summed E-state index contributed by atoms with van der Waals surface area (Å²) in [6, 6.07) is 9.98. The van der Waals surface area contributed by atoms with Gasteiger partial charge in [0.05, 0.1) is 12.2 Å². The van der Waals surface area contributed by atoms with Gasteiger partial charge in [0.25, 0.3) is 5.56 Å². The molecule has 96 valence electrons. The quantitative estimate of drug-likeness (QED) is 0.655. The van der Waals surface area contributed by atoms with Crippen LogP contribution in [0.15, 0.2) is 47.5 Å². The fraction of sp³-hybridized carbons (Fsp3) is 0.143. The Morgan fingerprint density at radius 3 is 2.68 bits per heavy atom. The Balaban J connectivity index is 2.03. The SMILES string of the molecule is Cc1cc2c(=O)n(Cc3ccc(I)cc3)ccn2n1. The van der Waals surface area contributed by atoms with Gasteiger partial charge in [0, 0.05) is 16.0 Å². The molecule has 5 heteroatoms. The van der Waals surface area contributed by atoms with Crippen molar-refractivity contribution in [1.29, 1.82) is 0 Å². The van der Waals surface area contributed by atoms with E-state index in [0.717, 1.165) is 11.3 Å². The number of aromatic nitrogens is 3. The zero-order chi connectivity index (χ0) is 13.4. The van der Waals surface area contributed by atoms with E-state index in [1.807, 2.05) is 43.5 Å². The normalized spacial score (nSPS) is 11.1. The van der Waals surface area contributed by atoms with Crippen molar-refractivity contribution in [3.8, 4) is 0 Å². The van der Waals surface area contributed by atoms with Gasteiger partial charge in [-0.05, 0) is 53.3 Å². The van der Waals surface area contributed by atoms with Crippen molar-refractivity contribution < 1.29 is 0 Å². The fourth-order valence-electron chi connectivity index (χ4n) is 2.06. The van der Waals surface area contributed by atoms with Crippen molar-refractivity contribution in [2.75, 3.05) is 0 Å². The maximum Gasteiger partial charge on any atom is 0.276 e. The second kappa shape index (κ2) is 4.80. The molecule has 0 saturated carbocycles. The monoisotopic (exact) mass is 365 g/mol. The highest BCUT2D eigenvalue weighted by Gasteiger charge is 2.05. The summed E-state index contributed by atoms with van der Waals surface area (Å²) < 4.78 is 4.52. The Hall–Kier alpha value is -1.63. The van der Waals surface area contributed by atoms with Gasteiger partial charge in [-0.2, -0.15) is 5.10 Å². The van der Waals surface area contributed by atoms with Crippen LogP contribution >= 0.6 is 22.6 Å². The molecular weight excluding hydrogens is 353 g/mol. The number of halogens is 1. The van der Waals surface area contributed by atoms with Gasteiger partial charge < -0.3 is 4.57 Å². The smallest absolute Gasteiger partial charge is 0.276 e. The van der Waals surface area contributed by atoms with Gasteiger partial charge in [-0.15, -0.1) is 0 Å². The van der Waals surface area contributed by atoms with Crippen molar-refractivity contribution in [3.63, 3.8) is 0 Å². The number of hydrogen-bond acceptors (Lipinski definition) is 2. The molecule has 1 aromatic carbocycles. The van der Waals surface area contributed by atoms with E-state index in [2.05, 4.69) is 27.7 Å². The lowest BCUT2D eigenvalue weighted by molar-refractivity contribution is 0.742. The maximum absolute atomic E-state index is 12.3. The molecule has 3 rings (SSSR count).